The second kappa shape index (κ2) is 11.4. The highest BCUT2D eigenvalue weighted by atomic mass is 35.5. The van der Waals surface area contributed by atoms with Gasteiger partial charge in [0, 0.05) is 29.7 Å². The number of nitrogens with one attached hydrogen (secondary N) is 1. The van der Waals surface area contributed by atoms with Gasteiger partial charge in [0.25, 0.3) is 0 Å². The standard InChI is InChI=1S/C26H26ClF2N3O2/c27-20-6-4-18(5-7-20)25(23-3-1-2-12-30-23)31-26(33)19-10-13-32(14-11-19)15-16-34-24-9-8-21(28)17-22(24)29/h1-9,12,17,19,25H,10-11,13-16H2,(H,31,33). The highest BCUT2D eigenvalue weighted by Gasteiger charge is 2.28. The molecular formula is C26H26ClF2N3O2. The summed E-state index contributed by atoms with van der Waals surface area (Å²) < 4.78 is 32.1. The highest BCUT2D eigenvalue weighted by molar-refractivity contribution is 6.30. The van der Waals surface area contributed by atoms with Crippen LogP contribution in [0, 0.1) is 17.6 Å². The van der Waals surface area contributed by atoms with Crippen LogP contribution in [0.3, 0.4) is 0 Å². The van der Waals surface area contributed by atoms with Gasteiger partial charge in [-0.25, -0.2) is 8.78 Å². The number of carbonyl (C=O) groups is 1. The molecule has 1 saturated heterocycles. The summed E-state index contributed by atoms with van der Waals surface area (Å²) in [5, 5.41) is 3.80. The van der Waals surface area contributed by atoms with Gasteiger partial charge in [-0.3, -0.25) is 14.7 Å². The maximum Gasteiger partial charge on any atom is 0.224 e. The molecule has 34 heavy (non-hydrogen) atoms. The molecule has 1 unspecified atom stereocenters. The van der Waals surface area contributed by atoms with E-state index in [2.05, 4.69) is 15.2 Å². The largest absolute Gasteiger partial charge is 0.489 e. The zero-order valence-electron chi connectivity index (χ0n) is 18.6. The molecule has 5 nitrogen and oxygen atoms in total. The molecule has 1 atom stereocenters. The Kier molecular flexibility index (Phi) is 8.08. The molecule has 1 aromatic heterocycles. The van der Waals surface area contributed by atoms with Crippen LogP contribution in [0.2, 0.25) is 5.02 Å². The Labute approximate surface area is 202 Å². The SMILES string of the molecule is O=C(NC(c1ccc(Cl)cc1)c1ccccn1)C1CCN(CCOc2ccc(F)cc2F)CC1. The third-order valence-corrected chi connectivity index (χ3v) is 6.24. The van der Waals surface area contributed by atoms with Crippen molar-refractivity contribution in [2.45, 2.75) is 18.9 Å². The summed E-state index contributed by atoms with van der Waals surface area (Å²) in [5.41, 5.74) is 1.68. The third-order valence-electron chi connectivity index (χ3n) is 5.99. The first-order valence-corrected chi connectivity index (χ1v) is 11.6. The molecule has 0 radical (unpaired) electrons. The average molecular weight is 486 g/mol. The summed E-state index contributed by atoms with van der Waals surface area (Å²) in [7, 11) is 0. The number of hydrogen-bond acceptors (Lipinski definition) is 4. The van der Waals surface area contributed by atoms with Gasteiger partial charge in [0.1, 0.15) is 12.4 Å². The zero-order chi connectivity index (χ0) is 23.9. The van der Waals surface area contributed by atoms with Crippen LogP contribution in [0.15, 0.2) is 66.9 Å². The minimum Gasteiger partial charge on any atom is -0.489 e. The number of carbonyl (C=O) groups excluding carboxylic acids is 1. The lowest BCUT2D eigenvalue weighted by molar-refractivity contribution is -0.127. The molecular weight excluding hydrogens is 460 g/mol. The van der Waals surface area contributed by atoms with Crippen LogP contribution >= 0.6 is 11.6 Å². The monoisotopic (exact) mass is 485 g/mol. The van der Waals surface area contributed by atoms with Crippen molar-refractivity contribution in [3.8, 4) is 5.75 Å². The molecule has 178 valence electrons. The van der Waals surface area contributed by atoms with Gasteiger partial charge in [0.2, 0.25) is 5.91 Å². The van der Waals surface area contributed by atoms with Crippen LogP contribution in [-0.4, -0.2) is 42.0 Å². The molecule has 1 N–H and O–H groups in total. The van der Waals surface area contributed by atoms with Gasteiger partial charge >= 0.3 is 0 Å². The normalized spacial score (nSPS) is 15.6. The van der Waals surface area contributed by atoms with Gasteiger partial charge in [-0.1, -0.05) is 29.8 Å². The number of amides is 1. The molecule has 0 bridgehead atoms. The quantitative estimate of drug-likeness (QED) is 0.487. The molecule has 0 aliphatic carbocycles. The first-order chi connectivity index (χ1) is 16.5. The van der Waals surface area contributed by atoms with Crippen molar-refractivity contribution in [2.24, 2.45) is 5.92 Å². The van der Waals surface area contributed by atoms with E-state index in [0.29, 0.717) is 24.4 Å². The van der Waals surface area contributed by atoms with Gasteiger partial charge in [-0.05, 0) is 67.9 Å². The van der Waals surface area contributed by atoms with Crippen molar-refractivity contribution in [2.75, 3.05) is 26.2 Å². The first kappa shape index (κ1) is 24.1. The summed E-state index contributed by atoms with van der Waals surface area (Å²) in [5.74, 6) is -1.41. The number of hydrogen-bond donors (Lipinski definition) is 1. The summed E-state index contributed by atoms with van der Waals surface area (Å²) in [6.45, 7) is 2.37. The molecule has 1 aliphatic rings. The van der Waals surface area contributed by atoms with E-state index in [1.165, 1.54) is 12.1 Å². The molecule has 1 amide bonds. The van der Waals surface area contributed by atoms with Crippen molar-refractivity contribution in [1.82, 2.24) is 15.2 Å². The van der Waals surface area contributed by atoms with Crippen molar-refractivity contribution in [3.63, 3.8) is 0 Å². The van der Waals surface area contributed by atoms with E-state index in [9.17, 15) is 13.6 Å². The Morgan fingerprint density at radius 1 is 1.12 bits per heavy atom. The molecule has 0 saturated carbocycles. The van der Waals surface area contributed by atoms with E-state index < -0.39 is 11.6 Å². The van der Waals surface area contributed by atoms with Gasteiger partial charge in [0.05, 0.1) is 11.7 Å². The fourth-order valence-corrected chi connectivity index (χ4v) is 4.21. The van der Waals surface area contributed by atoms with E-state index >= 15 is 0 Å². The Morgan fingerprint density at radius 2 is 1.88 bits per heavy atom. The van der Waals surface area contributed by atoms with Gasteiger partial charge < -0.3 is 10.1 Å². The molecule has 2 heterocycles. The van der Waals surface area contributed by atoms with Crippen molar-refractivity contribution < 1.29 is 18.3 Å². The van der Waals surface area contributed by atoms with Crippen molar-refractivity contribution >= 4 is 17.5 Å². The van der Waals surface area contributed by atoms with E-state index in [4.69, 9.17) is 16.3 Å². The highest BCUT2D eigenvalue weighted by Crippen LogP contribution is 2.25. The fraction of sp³-hybridized carbons (Fsp3) is 0.308. The summed E-state index contributed by atoms with van der Waals surface area (Å²) in [6.07, 6.45) is 3.14. The van der Waals surface area contributed by atoms with Crippen LogP contribution in [0.25, 0.3) is 0 Å². The number of halogens is 3. The number of piperidine rings is 1. The van der Waals surface area contributed by atoms with Crippen molar-refractivity contribution in [3.05, 3.63) is 94.8 Å². The van der Waals surface area contributed by atoms with Crippen LogP contribution < -0.4 is 10.1 Å². The second-order valence-corrected chi connectivity index (χ2v) is 8.72. The number of benzene rings is 2. The van der Waals surface area contributed by atoms with E-state index in [-0.39, 0.29) is 30.2 Å². The maximum absolute atomic E-state index is 13.7. The molecule has 1 aliphatic heterocycles. The average Bonchev–Trinajstić information content (AvgIpc) is 2.85. The molecule has 3 aromatic rings. The Morgan fingerprint density at radius 3 is 2.56 bits per heavy atom. The minimum atomic E-state index is -0.710. The molecule has 4 rings (SSSR count). The lowest BCUT2D eigenvalue weighted by Gasteiger charge is -2.32. The molecule has 8 heteroatoms. The summed E-state index contributed by atoms with van der Waals surface area (Å²) >= 11 is 6.04. The topological polar surface area (TPSA) is 54.5 Å². The van der Waals surface area contributed by atoms with E-state index in [0.717, 1.165) is 30.4 Å². The maximum atomic E-state index is 13.7. The van der Waals surface area contributed by atoms with Gasteiger partial charge in [-0.2, -0.15) is 0 Å². The van der Waals surface area contributed by atoms with E-state index in [1.807, 2.05) is 30.3 Å². The number of aromatic nitrogens is 1. The Balaban J connectivity index is 1.30. The first-order valence-electron chi connectivity index (χ1n) is 11.3. The Bertz CT molecular complexity index is 1090. The number of likely N-dealkylation sites (tertiary alicyclic amines) is 1. The Hall–Kier alpha value is -3.03. The third kappa shape index (κ3) is 6.30. The van der Waals surface area contributed by atoms with Crippen molar-refractivity contribution in [1.29, 1.82) is 0 Å². The number of nitrogens with zero attached hydrogens (tertiary/aromatic N) is 2. The molecule has 0 spiro atoms. The molecule has 2 aromatic carbocycles. The lowest BCUT2D eigenvalue weighted by atomic mass is 9.94. The fourth-order valence-electron chi connectivity index (χ4n) is 4.09. The smallest absolute Gasteiger partial charge is 0.224 e. The van der Waals surface area contributed by atoms with Crippen LogP contribution in [0.1, 0.15) is 30.1 Å². The predicted octanol–water partition coefficient (Wildman–Crippen LogP) is 5.01. The minimum absolute atomic E-state index is 0.00473. The summed E-state index contributed by atoms with van der Waals surface area (Å²) in [6, 6.07) is 15.9. The lowest BCUT2D eigenvalue weighted by Crippen LogP contribution is -2.43. The summed E-state index contributed by atoms with van der Waals surface area (Å²) in [4.78, 5) is 19.7. The number of pyridine rings is 1. The molecule has 1 fully saturated rings. The van der Waals surface area contributed by atoms with Crippen LogP contribution in [0.5, 0.6) is 5.75 Å². The van der Waals surface area contributed by atoms with Gasteiger partial charge in [0.15, 0.2) is 11.6 Å². The van der Waals surface area contributed by atoms with Gasteiger partial charge in [-0.15, -0.1) is 0 Å². The van der Waals surface area contributed by atoms with Crippen LogP contribution in [-0.2, 0) is 4.79 Å². The second-order valence-electron chi connectivity index (χ2n) is 8.29. The van der Waals surface area contributed by atoms with Crippen LogP contribution in [0.4, 0.5) is 8.78 Å². The predicted molar refractivity (Wildman–Crippen MR) is 127 cm³/mol. The number of ether oxygens (including phenoxy) is 1. The van der Waals surface area contributed by atoms with E-state index in [1.54, 1.807) is 18.3 Å². The number of rotatable bonds is 8. The zero-order valence-corrected chi connectivity index (χ0v) is 19.3.